The molecule has 0 fully saturated rings. The van der Waals surface area contributed by atoms with Gasteiger partial charge in [-0.3, -0.25) is 0 Å². The second-order valence-corrected chi connectivity index (χ2v) is 4.58. The monoisotopic (exact) mass is 246 g/mol. The smallest absolute Gasteiger partial charge is 0.126 e. The lowest BCUT2D eigenvalue weighted by Crippen LogP contribution is -1.85. The molecule has 0 aromatic rings. The van der Waals surface area contributed by atoms with E-state index in [0.717, 1.165) is 19.1 Å². The van der Waals surface area contributed by atoms with Crippen LogP contribution >= 0.6 is 0 Å². The second kappa shape index (κ2) is 21.0. The summed E-state index contributed by atoms with van der Waals surface area (Å²) in [5, 5.41) is 0. The maximum atomic E-state index is 9.44. The highest BCUT2D eigenvalue weighted by Crippen LogP contribution is 2.06. The first-order valence-corrected chi connectivity index (χ1v) is 6.97. The van der Waals surface area contributed by atoms with E-state index in [1.165, 1.54) is 39.5 Å². The van der Waals surface area contributed by atoms with Gasteiger partial charge in [0.15, 0.2) is 0 Å². The number of ether oxygens (including phenoxy) is 1. The molecule has 0 saturated carbocycles. The van der Waals surface area contributed by atoms with Crippen LogP contribution < -0.4 is 0 Å². The molecule has 106 valence electrons. The summed E-state index contributed by atoms with van der Waals surface area (Å²) in [5.74, 6) is 1.07. The van der Waals surface area contributed by atoms with E-state index in [1.54, 1.807) is 0 Å². The molecule has 0 rings (SSSR count). The normalized spacial score (nSPS) is 8.94. The fraction of sp³-hybridized carbons (Fsp3) is 0.933. The Labute approximate surface area is 109 Å². The number of hydrogen-bond acceptors (Lipinski definition) is 2. The van der Waals surface area contributed by atoms with E-state index < -0.39 is 0 Å². The van der Waals surface area contributed by atoms with Crippen LogP contribution in [0.15, 0.2) is 0 Å². The first kappa shape index (κ1) is 21.9. The molecule has 0 aromatic heterocycles. The number of rotatable bonds is 6. The standard InChI is InChI=1S/C8H18.C4H10O.C3H6O/c1-4-5-6-7-8(2)3;1-3-5-4-2;1-3(2)4/h8H,4-7H2,1-3H3;3-4H2,1-2H3;1-2H3. The Kier molecular flexibility index (Phi) is 27.0. The van der Waals surface area contributed by atoms with Gasteiger partial charge in [0.2, 0.25) is 0 Å². The Balaban J connectivity index is -0.000000188. The van der Waals surface area contributed by atoms with Crippen LogP contribution in [0, 0.1) is 5.92 Å². The van der Waals surface area contributed by atoms with E-state index in [0.29, 0.717) is 0 Å². The predicted molar refractivity (Wildman–Crippen MR) is 77.5 cm³/mol. The van der Waals surface area contributed by atoms with Gasteiger partial charge < -0.3 is 9.53 Å². The van der Waals surface area contributed by atoms with Crippen LogP contribution in [0.2, 0.25) is 0 Å². The molecular formula is C15H34O2. The molecule has 0 spiro atoms. The van der Waals surface area contributed by atoms with Crippen LogP contribution in [0.4, 0.5) is 0 Å². The number of unbranched alkanes of at least 4 members (excludes halogenated alkanes) is 2. The molecule has 0 aromatic carbocycles. The lowest BCUT2D eigenvalue weighted by atomic mass is 10.1. The molecule has 0 aliphatic rings. The minimum atomic E-state index is 0.167. The van der Waals surface area contributed by atoms with Gasteiger partial charge in [0.1, 0.15) is 5.78 Å². The highest BCUT2D eigenvalue weighted by Gasteiger charge is 1.90. The van der Waals surface area contributed by atoms with Crippen LogP contribution in [-0.4, -0.2) is 19.0 Å². The summed E-state index contributed by atoms with van der Waals surface area (Å²) >= 11 is 0. The molecule has 0 radical (unpaired) electrons. The van der Waals surface area contributed by atoms with Crippen molar-refractivity contribution in [1.82, 2.24) is 0 Å². The van der Waals surface area contributed by atoms with Crippen molar-refractivity contribution in [3.05, 3.63) is 0 Å². The summed E-state index contributed by atoms with van der Waals surface area (Å²) in [7, 11) is 0. The number of carbonyl (C=O) groups excluding carboxylic acids is 1. The van der Waals surface area contributed by atoms with E-state index in [-0.39, 0.29) is 5.78 Å². The minimum Gasteiger partial charge on any atom is -0.382 e. The van der Waals surface area contributed by atoms with Gasteiger partial charge in [-0.25, -0.2) is 0 Å². The third-order valence-electron chi connectivity index (χ3n) is 1.79. The van der Waals surface area contributed by atoms with Crippen LogP contribution in [0.3, 0.4) is 0 Å². The summed E-state index contributed by atoms with van der Waals surface area (Å²) in [6.45, 7) is 15.5. The molecule has 0 bridgehead atoms. The number of ketones is 1. The first-order valence-electron chi connectivity index (χ1n) is 6.97. The number of carbonyl (C=O) groups is 1. The fourth-order valence-corrected chi connectivity index (χ4v) is 1.01. The summed E-state index contributed by atoms with van der Waals surface area (Å²) in [6.07, 6.45) is 5.60. The van der Waals surface area contributed by atoms with Crippen molar-refractivity contribution in [2.24, 2.45) is 5.92 Å². The molecule has 0 amide bonds. The van der Waals surface area contributed by atoms with Crippen molar-refractivity contribution in [3.8, 4) is 0 Å². The topological polar surface area (TPSA) is 26.3 Å². The molecular weight excluding hydrogens is 212 g/mol. The van der Waals surface area contributed by atoms with Crippen LogP contribution in [-0.2, 0) is 9.53 Å². The van der Waals surface area contributed by atoms with Crippen LogP contribution in [0.5, 0.6) is 0 Å². The molecule has 0 N–H and O–H groups in total. The van der Waals surface area contributed by atoms with Crippen molar-refractivity contribution in [3.63, 3.8) is 0 Å². The molecule has 0 aliphatic heterocycles. The number of Topliss-reactive ketones (excluding diaryl/α,β-unsaturated/α-hetero) is 1. The maximum absolute atomic E-state index is 9.44. The highest BCUT2D eigenvalue weighted by atomic mass is 16.5. The van der Waals surface area contributed by atoms with Gasteiger partial charge in [0.05, 0.1) is 0 Å². The predicted octanol–water partition coefficient (Wildman–Crippen LogP) is 4.86. The molecule has 0 aliphatic carbocycles. The molecule has 2 nitrogen and oxygen atoms in total. The quantitative estimate of drug-likeness (QED) is 0.626. The van der Waals surface area contributed by atoms with Crippen molar-refractivity contribution >= 4 is 5.78 Å². The average Bonchev–Trinajstić information content (AvgIpc) is 2.19. The highest BCUT2D eigenvalue weighted by molar-refractivity contribution is 5.72. The van der Waals surface area contributed by atoms with Gasteiger partial charge in [0, 0.05) is 13.2 Å². The average molecular weight is 246 g/mol. The van der Waals surface area contributed by atoms with Crippen LogP contribution in [0.1, 0.15) is 74.1 Å². The Morgan fingerprint density at radius 1 is 1.00 bits per heavy atom. The lowest BCUT2D eigenvalue weighted by Gasteiger charge is -2.00. The molecule has 2 heteroatoms. The fourth-order valence-electron chi connectivity index (χ4n) is 1.01. The van der Waals surface area contributed by atoms with E-state index in [1.807, 2.05) is 13.8 Å². The zero-order valence-electron chi connectivity index (χ0n) is 13.1. The van der Waals surface area contributed by atoms with Crippen molar-refractivity contribution < 1.29 is 9.53 Å². The van der Waals surface area contributed by atoms with E-state index in [9.17, 15) is 4.79 Å². The van der Waals surface area contributed by atoms with Crippen molar-refractivity contribution in [2.45, 2.75) is 74.1 Å². The molecule has 17 heavy (non-hydrogen) atoms. The van der Waals surface area contributed by atoms with E-state index in [2.05, 4.69) is 20.8 Å². The third-order valence-corrected chi connectivity index (χ3v) is 1.79. The van der Waals surface area contributed by atoms with E-state index >= 15 is 0 Å². The summed E-state index contributed by atoms with van der Waals surface area (Å²) in [6, 6.07) is 0. The largest absolute Gasteiger partial charge is 0.382 e. The van der Waals surface area contributed by atoms with Gasteiger partial charge in [-0.1, -0.05) is 46.5 Å². The zero-order valence-corrected chi connectivity index (χ0v) is 13.1. The molecule has 0 unspecified atom stereocenters. The van der Waals surface area contributed by atoms with Crippen molar-refractivity contribution in [2.75, 3.05) is 13.2 Å². The van der Waals surface area contributed by atoms with Gasteiger partial charge in [-0.2, -0.15) is 0 Å². The zero-order chi connectivity index (χ0) is 14.1. The Hall–Kier alpha value is -0.370. The second-order valence-electron chi connectivity index (χ2n) is 4.58. The minimum absolute atomic E-state index is 0.167. The van der Waals surface area contributed by atoms with Gasteiger partial charge in [-0.05, 0) is 33.6 Å². The Bertz CT molecular complexity index is 125. The molecule has 0 saturated heterocycles. The van der Waals surface area contributed by atoms with Gasteiger partial charge >= 0.3 is 0 Å². The van der Waals surface area contributed by atoms with Crippen LogP contribution in [0.25, 0.3) is 0 Å². The summed E-state index contributed by atoms with van der Waals surface area (Å²) < 4.78 is 4.83. The summed E-state index contributed by atoms with van der Waals surface area (Å²) in [4.78, 5) is 9.44. The van der Waals surface area contributed by atoms with E-state index in [4.69, 9.17) is 4.74 Å². The van der Waals surface area contributed by atoms with Gasteiger partial charge in [-0.15, -0.1) is 0 Å². The van der Waals surface area contributed by atoms with Gasteiger partial charge in [0.25, 0.3) is 0 Å². The van der Waals surface area contributed by atoms with Crippen molar-refractivity contribution in [1.29, 1.82) is 0 Å². The molecule has 0 atom stereocenters. The maximum Gasteiger partial charge on any atom is 0.126 e. The Morgan fingerprint density at radius 2 is 1.41 bits per heavy atom. The Morgan fingerprint density at radius 3 is 1.59 bits per heavy atom. The SMILES string of the molecule is CC(C)=O.CCCCCC(C)C.CCOCC. The summed E-state index contributed by atoms with van der Waals surface area (Å²) in [5.41, 5.74) is 0. The first-order chi connectivity index (χ1) is 7.92. The molecule has 0 heterocycles. The number of hydrogen-bond donors (Lipinski definition) is 0. The lowest BCUT2D eigenvalue weighted by molar-refractivity contribution is -0.114. The third kappa shape index (κ3) is 66.1.